The highest BCUT2D eigenvalue weighted by Crippen LogP contribution is 2.43. The number of methoxy groups -OCH3 is 1. The zero-order chi connectivity index (χ0) is 30.2. The minimum Gasteiger partial charge on any atom is -0.465 e. The van der Waals surface area contributed by atoms with E-state index in [1.807, 2.05) is 0 Å². The molecule has 0 heterocycles. The van der Waals surface area contributed by atoms with Crippen molar-refractivity contribution in [1.82, 2.24) is 0 Å². The van der Waals surface area contributed by atoms with Crippen LogP contribution in [-0.4, -0.2) is 64.2 Å². The highest BCUT2D eigenvalue weighted by molar-refractivity contribution is 7.91. The van der Waals surface area contributed by atoms with Crippen LogP contribution in [0.4, 0.5) is 39.8 Å². The highest BCUT2D eigenvalue weighted by atomic mass is 32.2. The van der Waals surface area contributed by atoms with Crippen LogP contribution in [0.1, 0.15) is 10.4 Å². The lowest BCUT2D eigenvalue weighted by Gasteiger charge is -2.11. The second-order valence-corrected chi connectivity index (χ2v) is 12.0. The predicted octanol–water partition coefficient (Wildman–Crippen LogP) is 3.53. The van der Waals surface area contributed by atoms with Gasteiger partial charge in [-0.2, -0.15) is 13.5 Å². The first kappa shape index (κ1) is 31.1. The van der Waals surface area contributed by atoms with Crippen LogP contribution in [-0.2, 0) is 24.7 Å². The van der Waals surface area contributed by atoms with E-state index in [0.29, 0.717) is 11.4 Å². The van der Waals surface area contributed by atoms with Gasteiger partial charge in [0.15, 0.2) is 9.84 Å². The van der Waals surface area contributed by atoms with E-state index in [0.717, 1.165) is 6.07 Å². The van der Waals surface area contributed by atoms with Gasteiger partial charge in [0.2, 0.25) is 0 Å². The summed E-state index contributed by atoms with van der Waals surface area (Å²) in [5.41, 5.74) is 11.9. The Morgan fingerprint density at radius 1 is 0.902 bits per heavy atom. The molecular weight excluding hydrogens is 578 g/mol. The zero-order valence-electron chi connectivity index (χ0n) is 21.6. The van der Waals surface area contributed by atoms with Crippen LogP contribution in [0.3, 0.4) is 0 Å². The number of ether oxygens (including phenoxy) is 1. The molecule has 0 saturated carbocycles. The lowest BCUT2D eigenvalue weighted by atomic mass is 10.2. The molecule has 0 saturated heterocycles. The Morgan fingerprint density at radius 3 is 2.20 bits per heavy atom. The summed E-state index contributed by atoms with van der Waals surface area (Å²) < 4.78 is 61.8. The molecule has 15 nitrogen and oxygen atoms in total. The van der Waals surface area contributed by atoms with E-state index in [4.69, 9.17) is 21.3 Å². The number of carbonyl (C=O) groups excluding carboxylic acids is 1. The van der Waals surface area contributed by atoms with Gasteiger partial charge in [0.1, 0.15) is 22.0 Å². The largest absolute Gasteiger partial charge is 0.465 e. The van der Waals surface area contributed by atoms with Crippen molar-refractivity contribution in [3.8, 4) is 0 Å². The zero-order valence-corrected chi connectivity index (χ0v) is 23.3. The van der Waals surface area contributed by atoms with Crippen molar-refractivity contribution in [1.29, 1.82) is 0 Å². The fourth-order valence-corrected chi connectivity index (χ4v) is 4.89. The maximum atomic E-state index is 12.0. The number of aliphatic hydroxyl groups excluding tert-OH is 1. The van der Waals surface area contributed by atoms with Gasteiger partial charge in [-0.1, -0.05) is 12.1 Å². The number of nitrogens with zero attached hydrogens (tertiary/aromatic N) is 4. The first-order chi connectivity index (χ1) is 19.4. The van der Waals surface area contributed by atoms with E-state index in [2.05, 4.69) is 25.8 Å². The lowest BCUT2D eigenvalue weighted by molar-refractivity contribution is 0.0601. The normalized spacial score (nSPS) is 12.2. The fraction of sp³-hybridized carbons (Fsp3) is 0.208. The summed E-state index contributed by atoms with van der Waals surface area (Å²) in [6, 6.07) is 13.3. The maximum Gasteiger partial charge on any atom is 0.340 e. The van der Waals surface area contributed by atoms with Crippen LogP contribution in [0.25, 0.3) is 0 Å². The molecule has 17 heteroatoms. The number of hydrogen-bond acceptors (Lipinski definition) is 14. The second-order valence-electron chi connectivity index (χ2n) is 8.30. The third kappa shape index (κ3) is 8.27. The molecule has 0 amide bonds. The second kappa shape index (κ2) is 13.3. The molecule has 0 spiro atoms. The third-order valence-corrected chi connectivity index (χ3v) is 7.97. The first-order valence-corrected chi connectivity index (χ1v) is 15.0. The highest BCUT2D eigenvalue weighted by Gasteiger charge is 2.22. The number of azo groups is 2. The quantitative estimate of drug-likeness (QED) is 0.0864. The van der Waals surface area contributed by atoms with E-state index >= 15 is 0 Å². The smallest absolute Gasteiger partial charge is 0.340 e. The molecular formula is C24H27N7O8S2. The van der Waals surface area contributed by atoms with Crippen LogP contribution in [0.15, 0.2) is 79.9 Å². The van der Waals surface area contributed by atoms with E-state index in [-0.39, 0.29) is 46.4 Å². The molecule has 0 aliphatic carbocycles. The fourth-order valence-electron chi connectivity index (χ4n) is 3.36. The molecule has 0 aliphatic heterocycles. The maximum absolute atomic E-state index is 12.0. The molecule has 0 unspecified atom stereocenters. The van der Waals surface area contributed by atoms with Crippen LogP contribution in [0.5, 0.6) is 0 Å². The van der Waals surface area contributed by atoms with E-state index in [1.54, 1.807) is 36.4 Å². The van der Waals surface area contributed by atoms with Crippen molar-refractivity contribution in [2.75, 3.05) is 48.6 Å². The third-order valence-electron chi connectivity index (χ3n) is 5.45. The molecule has 3 aromatic carbocycles. The van der Waals surface area contributed by atoms with Gasteiger partial charge < -0.3 is 26.6 Å². The van der Waals surface area contributed by atoms with Crippen molar-refractivity contribution in [3.63, 3.8) is 0 Å². The number of esters is 1. The monoisotopic (exact) mass is 605 g/mol. The summed E-state index contributed by atoms with van der Waals surface area (Å²) in [6.07, 6.45) is 0. The molecule has 7 N–H and O–H groups in total. The predicted molar refractivity (Wildman–Crippen MR) is 152 cm³/mol. The van der Waals surface area contributed by atoms with Gasteiger partial charge in [-0.3, -0.25) is 4.55 Å². The van der Waals surface area contributed by atoms with Gasteiger partial charge in [0.05, 0.1) is 47.8 Å². The Bertz CT molecular complexity index is 1690. The van der Waals surface area contributed by atoms with Crippen molar-refractivity contribution in [2.24, 2.45) is 20.5 Å². The van der Waals surface area contributed by atoms with Gasteiger partial charge in [-0.05, 0) is 42.5 Å². The Kier molecular flexibility index (Phi) is 10.1. The summed E-state index contributed by atoms with van der Waals surface area (Å²) in [5.74, 6) is -1.16. The standard InChI is InChI=1S/C24H27N7O8S2/c1-39-24(33)17-4-2-3-5-18(17)29-31-23-21(25)19(14-20(22(23)26)41(36,37)38)30-28-16-8-6-15(7-9-16)27-10-12-40(34,35)13-11-32/h2-9,14,27,32H,10-13,25-26H2,1H3,(H,36,37,38). The van der Waals surface area contributed by atoms with Crippen LogP contribution in [0.2, 0.25) is 0 Å². The molecule has 0 aliphatic rings. The molecule has 3 rings (SSSR count). The molecule has 0 bridgehead atoms. The SMILES string of the molecule is COC(=O)c1ccccc1N=Nc1c(N)c(N=Nc2ccc(NCCS(=O)(=O)CCO)cc2)cc(S(=O)(=O)O)c1N. The number of rotatable bonds is 12. The van der Waals surface area contributed by atoms with E-state index in [1.165, 1.54) is 19.2 Å². The molecule has 218 valence electrons. The number of nitrogens with two attached hydrogens (primary N) is 2. The molecule has 0 atom stereocenters. The number of carbonyl (C=O) groups is 1. The minimum absolute atomic E-state index is 0.0754. The first-order valence-electron chi connectivity index (χ1n) is 11.7. The molecule has 0 aromatic heterocycles. The molecule has 0 fully saturated rings. The van der Waals surface area contributed by atoms with Crippen LogP contribution >= 0.6 is 0 Å². The van der Waals surface area contributed by atoms with Gasteiger partial charge in [-0.25, -0.2) is 13.2 Å². The Hall–Kier alpha value is -4.45. The minimum atomic E-state index is -4.84. The number of nitrogen functional groups attached to an aromatic ring is 2. The van der Waals surface area contributed by atoms with Crippen molar-refractivity contribution in [3.05, 3.63) is 60.2 Å². The molecule has 3 aromatic rings. The van der Waals surface area contributed by atoms with Gasteiger partial charge in [-0.15, -0.1) is 15.3 Å². The Labute approximate surface area is 235 Å². The van der Waals surface area contributed by atoms with Crippen molar-refractivity contribution >= 4 is 65.7 Å². The van der Waals surface area contributed by atoms with E-state index < -0.39 is 43.1 Å². The summed E-state index contributed by atoms with van der Waals surface area (Å²) in [6.45, 7) is -0.314. The molecule has 41 heavy (non-hydrogen) atoms. The number of hydrogen-bond donors (Lipinski definition) is 5. The number of benzene rings is 3. The summed E-state index contributed by atoms with van der Waals surface area (Å²) in [7, 11) is -7.01. The molecule has 0 radical (unpaired) electrons. The Morgan fingerprint density at radius 2 is 1.56 bits per heavy atom. The Balaban J connectivity index is 1.91. The van der Waals surface area contributed by atoms with Gasteiger partial charge in [0, 0.05) is 12.2 Å². The summed E-state index contributed by atoms with van der Waals surface area (Å²) >= 11 is 0. The summed E-state index contributed by atoms with van der Waals surface area (Å²) in [5, 5.41) is 27.6. The van der Waals surface area contributed by atoms with Gasteiger partial charge >= 0.3 is 5.97 Å². The number of nitrogens with one attached hydrogen (secondary N) is 1. The van der Waals surface area contributed by atoms with Crippen LogP contribution < -0.4 is 16.8 Å². The van der Waals surface area contributed by atoms with E-state index in [9.17, 15) is 26.2 Å². The van der Waals surface area contributed by atoms with Crippen molar-refractivity contribution in [2.45, 2.75) is 4.90 Å². The topological polar surface area (TPSA) is 249 Å². The average Bonchev–Trinajstić information content (AvgIpc) is 2.92. The lowest BCUT2D eigenvalue weighted by Crippen LogP contribution is -2.20. The van der Waals surface area contributed by atoms with Gasteiger partial charge in [0.25, 0.3) is 10.1 Å². The average molecular weight is 606 g/mol. The van der Waals surface area contributed by atoms with Crippen LogP contribution in [0, 0.1) is 0 Å². The summed E-state index contributed by atoms with van der Waals surface area (Å²) in [4.78, 5) is 11.3. The number of sulfone groups is 1. The van der Waals surface area contributed by atoms with Crippen molar-refractivity contribution < 1.29 is 36.0 Å². The number of anilines is 3. The number of aliphatic hydroxyl groups is 1.